The molecule has 0 unspecified atom stereocenters. The van der Waals surface area contributed by atoms with Gasteiger partial charge in [0, 0.05) is 50.8 Å². The van der Waals surface area contributed by atoms with Crippen LogP contribution in [0.3, 0.4) is 0 Å². The van der Waals surface area contributed by atoms with Gasteiger partial charge in [0.05, 0.1) is 16.7 Å². The van der Waals surface area contributed by atoms with Crippen molar-refractivity contribution in [1.82, 2.24) is 19.4 Å². The second-order valence-electron chi connectivity index (χ2n) is 11.3. The quantitative estimate of drug-likeness (QED) is 0.209. The predicted octanol–water partition coefficient (Wildman–Crippen LogP) is 10.1. The molecule has 0 fully saturated rings. The molecule has 45 heavy (non-hydrogen) atoms. The normalized spacial score (nSPS) is 12.0. The molecule has 5 aromatic carbocycles. The fraction of sp³-hybridized carbons (Fsp3) is 0. The molecule has 0 amide bonds. The lowest BCUT2D eigenvalue weighted by Gasteiger charge is -2.09. The number of hydrogen-bond acceptors (Lipinski definition) is 5. The topological polar surface area (TPSA) is 69.4 Å². The van der Waals surface area contributed by atoms with Gasteiger partial charge in [0.1, 0.15) is 22.2 Å². The largest absolute Gasteiger partial charge is 0.455 e. The number of rotatable bonds is 3. The van der Waals surface area contributed by atoms with Gasteiger partial charge in [-0.25, -0.2) is 4.98 Å². The van der Waals surface area contributed by atoms with Gasteiger partial charge in [-0.05, 0) is 29.8 Å². The number of furan rings is 1. The zero-order valence-electron chi connectivity index (χ0n) is 23.8. The zero-order valence-corrected chi connectivity index (χ0v) is 23.8. The van der Waals surface area contributed by atoms with Gasteiger partial charge in [-0.2, -0.15) is 4.98 Å². The fourth-order valence-electron chi connectivity index (χ4n) is 6.68. The molecule has 0 aliphatic carbocycles. The molecular formula is C39H22N4O2. The average molecular weight is 579 g/mol. The Balaban J connectivity index is 1.17. The van der Waals surface area contributed by atoms with Crippen LogP contribution in [0.2, 0.25) is 0 Å². The second-order valence-corrected chi connectivity index (χ2v) is 11.3. The number of fused-ring (bicyclic) bond motifs is 10. The SMILES string of the molecule is c1cncc(-c2cccc3c2oc2c(-c4ccc(-c5nc6ccccc6c6nc7oc8ccccc8n7c56)cc4)cccc23)c1. The first kappa shape index (κ1) is 24.2. The summed E-state index contributed by atoms with van der Waals surface area (Å²) in [6.07, 6.45) is 3.66. The molecule has 0 atom stereocenters. The highest BCUT2D eigenvalue weighted by atomic mass is 16.4. The Hall–Kier alpha value is -6.27. The number of imidazole rings is 1. The van der Waals surface area contributed by atoms with Crippen molar-refractivity contribution in [3.8, 4) is 33.5 Å². The summed E-state index contributed by atoms with van der Waals surface area (Å²) in [5.74, 6) is 0.560. The third-order valence-corrected chi connectivity index (χ3v) is 8.74. The molecule has 0 saturated carbocycles. The average Bonchev–Trinajstić information content (AvgIpc) is 3.78. The van der Waals surface area contributed by atoms with Crippen molar-refractivity contribution in [3.63, 3.8) is 0 Å². The van der Waals surface area contributed by atoms with Crippen molar-refractivity contribution in [3.05, 3.63) is 134 Å². The Kier molecular flexibility index (Phi) is 4.90. The van der Waals surface area contributed by atoms with Crippen LogP contribution in [0, 0.1) is 0 Å². The van der Waals surface area contributed by atoms with Crippen molar-refractivity contribution in [2.45, 2.75) is 0 Å². The van der Waals surface area contributed by atoms with Crippen molar-refractivity contribution in [2.24, 2.45) is 0 Å². The number of benzene rings is 5. The van der Waals surface area contributed by atoms with Crippen molar-refractivity contribution >= 4 is 60.8 Å². The molecule has 0 radical (unpaired) electrons. The summed E-state index contributed by atoms with van der Waals surface area (Å²) in [6, 6.07) is 41.4. The maximum Gasteiger partial charge on any atom is 0.307 e. The lowest BCUT2D eigenvalue weighted by Crippen LogP contribution is -1.92. The maximum atomic E-state index is 6.65. The lowest BCUT2D eigenvalue weighted by molar-refractivity contribution is 0.643. The number of oxazole rings is 1. The van der Waals surface area contributed by atoms with E-state index in [9.17, 15) is 0 Å². The van der Waals surface area contributed by atoms with Gasteiger partial charge in [0.25, 0.3) is 0 Å². The van der Waals surface area contributed by atoms with Crippen molar-refractivity contribution in [1.29, 1.82) is 0 Å². The van der Waals surface area contributed by atoms with Crippen LogP contribution in [-0.2, 0) is 0 Å². The van der Waals surface area contributed by atoms with Gasteiger partial charge in [-0.15, -0.1) is 0 Å². The molecular weight excluding hydrogens is 556 g/mol. The van der Waals surface area contributed by atoms with E-state index >= 15 is 0 Å². The predicted molar refractivity (Wildman–Crippen MR) is 179 cm³/mol. The van der Waals surface area contributed by atoms with E-state index in [1.54, 1.807) is 6.20 Å². The molecule has 0 aliphatic heterocycles. The van der Waals surface area contributed by atoms with E-state index in [-0.39, 0.29) is 0 Å². The first-order chi connectivity index (χ1) is 22.3. The van der Waals surface area contributed by atoms with Crippen molar-refractivity contribution in [2.75, 3.05) is 0 Å². The summed E-state index contributed by atoms with van der Waals surface area (Å²) in [4.78, 5) is 14.5. The van der Waals surface area contributed by atoms with Crippen LogP contribution in [0.4, 0.5) is 0 Å². The number of aromatic nitrogens is 4. The van der Waals surface area contributed by atoms with Gasteiger partial charge >= 0.3 is 5.84 Å². The van der Waals surface area contributed by atoms with E-state index in [2.05, 4.69) is 88.2 Å². The monoisotopic (exact) mass is 578 g/mol. The third kappa shape index (κ3) is 3.48. The van der Waals surface area contributed by atoms with E-state index in [1.807, 2.05) is 48.7 Å². The minimum Gasteiger partial charge on any atom is -0.455 e. The van der Waals surface area contributed by atoms with Gasteiger partial charge in [0.2, 0.25) is 0 Å². The van der Waals surface area contributed by atoms with Crippen molar-refractivity contribution < 1.29 is 8.83 Å². The Morgan fingerprint density at radius 3 is 2.04 bits per heavy atom. The van der Waals surface area contributed by atoms with Gasteiger partial charge in [-0.1, -0.05) is 97.1 Å². The van der Waals surface area contributed by atoms with Crippen LogP contribution in [0.25, 0.3) is 94.3 Å². The van der Waals surface area contributed by atoms with E-state index in [0.717, 1.165) is 88.5 Å². The van der Waals surface area contributed by atoms with E-state index in [4.69, 9.17) is 18.8 Å². The maximum absolute atomic E-state index is 6.65. The minimum absolute atomic E-state index is 0.560. The smallest absolute Gasteiger partial charge is 0.307 e. The molecule has 6 nitrogen and oxygen atoms in total. The molecule has 0 bridgehead atoms. The number of nitrogens with zero attached hydrogens (tertiary/aromatic N) is 4. The summed E-state index contributed by atoms with van der Waals surface area (Å²) in [5, 5.41) is 3.17. The standard InChI is InChI=1S/C39H22N4O2/c1-2-14-31-30(9-1)35-36(43-32-15-3-4-16-33(32)44-39(43)42-35)34(41-31)24-19-17-23(18-20-24)26-10-5-12-28-29-13-6-11-27(38(29)45-37(26)28)25-8-7-21-40-22-25/h1-22H. The summed E-state index contributed by atoms with van der Waals surface area (Å²) in [7, 11) is 0. The van der Waals surface area contributed by atoms with E-state index in [1.165, 1.54) is 0 Å². The molecule has 10 rings (SSSR count). The molecule has 0 N–H and O–H groups in total. The molecule has 210 valence electrons. The van der Waals surface area contributed by atoms with Crippen LogP contribution in [-0.4, -0.2) is 19.4 Å². The number of para-hydroxylation sites is 5. The molecule has 0 aliphatic rings. The number of pyridine rings is 2. The molecule has 5 heterocycles. The van der Waals surface area contributed by atoms with Crippen LogP contribution >= 0.6 is 0 Å². The van der Waals surface area contributed by atoms with Crippen LogP contribution < -0.4 is 0 Å². The molecule has 5 aromatic heterocycles. The van der Waals surface area contributed by atoms with Gasteiger partial charge < -0.3 is 8.83 Å². The fourth-order valence-corrected chi connectivity index (χ4v) is 6.68. The second kappa shape index (κ2) is 9.11. The van der Waals surface area contributed by atoms with Gasteiger partial charge in [0.15, 0.2) is 5.58 Å². The summed E-state index contributed by atoms with van der Waals surface area (Å²) in [6.45, 7) is 0. The highest BCUT2D eigenvalue weighted by molar-refractivity contribution is 6.13. The molecule has 0 saturated heterocycles. The van der Waals surface area contributed by atoms with Gasteiger partial charge in [-0.3, -0.25) is 9.38 Å². The lowest BCUT2D eigenvalue weighted by atomic mass is 9.99. The van der Waals surface area contributed by atoms with Crippen LogP contribution in [0.5, 0.6) is 0 Å². The molecule has 10 aromatic rings. The Bertz CT molecular complexity index is 2750. The highest BCUT2D eigenvalue weighted by Gasteiger charge is 2.21. The Labute approximate surface area is 255 Å². The van der Waals surface area contributed by atoms with Crippen LogP contribution in [0.15, 0.2) is 143 Å². The van der Waals surface area contributed by atoms with E-state index in [0.29, 0.717) is 5.84 Å². The zero-order chi connectivity index (χ0) is 29.5. The highest BCUT2D eigenvalue weighted by Crippen LogP contribution is 2.41. The minimum atomic E-state index is 0.560. The summed E-state index contributed by atoms with van der Waals surface area (Å²) < 4.78 is 14.9. The first-order valence-electron chi connectivity index (χ1n) is 14.9. The van der Waals surface area contributed by atoms with Crippen LogP contribution in [0.1, 0.15) is 0 Å². The van der Waals surface area contributed by atoms with E-state index < -0.39 is 0 Å². The number of hydrogen-bond donors (Lipinski definition) is 0. The molecule has 6 heteroatoms. The molecule has 0 spiro atoms. The Morgan fingerprint density at radius 2 is 1.24 bits per heavy atom. The first-order valence-corrected chi connectivity index (χ1v) is 14.9. The summed E-state index contributed by atoms with van der Waals surface area (Å²) in [5.41, 5.74) is 12.2. The Morgan fingerprint density at radius 1 is 0.533 bits per heavy atom. The summed E-state index contributed by atoms with van der Waals surface area (Å²) >= 11 is 0. The third-order valence-electron chi connectivity index (χ3n) is 8.74.